The number of benzene rings is 1. The number of hydrogen-bond acceptors (Lipinski definition) is 2. The summed E-state index contributed by atoms with van der Waals surface area (Å²) in [5, 5.41) is 9.80. The summed E-state index contributed by atoms with van der Waals surface area (Å²) in [6.07, 6.45) is 4.87. The van der Waals surface area contributed by atoms with Crippen molar-refractivity contribution >= 4 is 0 Å². The van der Waals surface area contributed by atoms with E-state index in [1.165, 1.54) is 12.8 Å². The summed E-state index contributed by atoms with van der Waals surface area (Å²) in [7, 11) is 0. The summed E-state index contributed by atoms with van der Waals surface area (Å²) in [5.41, 5.74) is 0.457. The maximum Gasteiger partial charge on any atom is 0.161 e. The van der Waals surface area contributed by atoms with Gasteiger partial charge in [0, 0.05) is 0 Å². The van der Waals surface area contributed by atoms with Crippen LogP contribution in [0.5, 0.6) is 11.5 Å². The molecule has 2 heteroatoms. The molecule has 0 bridgehead atoms. The predicted octanol–water partition coefficient (Wildman–Crippen LogP) is 5.01. The molecule has 0 unspecified atom stereocenters. The molecule has 1 aliphatic carbocycles. The Labute approximate surface area is 123 Å². The van der Waals surface area contributed by atoms with E-state index in [0.29, 0.717) is 23.0 Å². The van der Waals surface area contributed by atoms with Crippen LogP contribution >= 0.6 is 0 Å². The molecule has 1 N–H and O–H groups in total. The van der Waals surface area contributed by atoms with Gasteiger partial charge in [-0.2, -0.15) is 0 Å². The van der Waals surface area contributed by atoms with Gasteiger partial charge in [0.05, 0.1) is 6.10 Å². The van der Waals surface area contributed by atoms with E-state index < -0.39 is 0 Å². The van der Waals surface area contributed by atoms with Gasteiger partial charge in [0.15, 0.2) is 11.5 Å². The van der Waals surface area contributed by atoms with E-state index >= 15 is 0 Å². The number of phenolic OH excluding ortho intramolecular Hbond substituents is 1. The van der Waals surface area contributed by atoms with Crippen molar-refractivity contribution in [3.63, 3.8) is 0 Å². The highest BCUT2D eigenvalue weighted by atomic mass is 16.5. The molecular weight excluding hydrogens is 248 g/mol. The summed E-state index contributed by atoms with van der Waals surface area (Å²) in [5.74, 6) is 2.30. The Morgan fingerprint density at radius 3 is 2.10 bits per heavy atom. The van der Waals surface area contributed by atoms with Gasteiger partial charge < -0.3 is 9.84 Å². The van der Waals surface area contributed by atoms with Crippen molar-refractivity contribution in [3.05, 3.63) is 24.3 Å². The third-order valence-corrected chi connectivity index (χ3v) is 5.32. The van der Waals surface area contributed by atoms with Crippen LogP contribution in [0.25, 0.3) is 0 Å². The van der Waals surface area contributed by atoms with Gasteiger partial charge in [0.25, 0.3) is 0 Å². The van der Waals surface area contributed by atoms with Crippen LogP contribution in [-0.4, -0.2) is 11.2 Å². The van der Waals surface area contributed by atoms with Crippen molar-refractivity contribution in [3.8, 4) is 11.5 Å². The smallest absolute Gasteiger partial charge is 0.161 e. The van der Waals surface area contributed by atoms with Crippen LogP contribution in [0.3, 0.4) is 0 Å². The third kappa shape index (κ3) is 2.94. The zero-order valence-corrected chi connectivity index (χ0v) is 13.2. The predicted molar refractivity (Wildman–Crippen MR) is 83.1 cm³/mol. The molecule has 0 aromatic heterocycles. The molecule has 1 saturated carbocycles. The molecule has 0 amide bonds. The quantitative estimate of drug-likeness (QED) is 0.837. The van der Waals surface area contributed by atoms with E-state index in [0.717, 1.165) is 12.8 Å². The number of hydrogen-bond donors (Lipinski definition) is 1. The highest BCUT2D eigenvalue weighted by Gasteiger charge is 2.40. The number of para-hydroxylation sites is 2. The van der Waals surface area contributed by atoms with E-state index in [4.69, 9.17) is 4.74 Å². The molecule has 2 nitrogen and oxygen atoms in total. The van der Waals surface area contributed by atoms with Crippen molar-refractivity contribution in [2.75, 3.05) is 0 Å². The van der Waals surface area contributed by atoms with Gasteiger partial charge in [0.1, 0.15) is 0 Å². The zero-order valence-electron chi connectivity index (χ0n) is 13.2. The van der Waals surface area contributed by atoms with E-state index in [1.54, 1.807) is 6.07 Å². The molecule has 1 fully saturated rings. The average molecular weight is 276 g/mol. The molecule has 0 aliphatic heterocycles. The van der Waals surface area contributed by atoms with Crippen LogP contribution < -0.4 is 4.74 Å². The van der Waals surface area contributed by atoms with Crippen LogP contribution in [0.15, 0.2) is 24.3 Å². The second kappa shape index (κ2) is 6.07. The Morgan fingerprint density at radius 2 is 1.60 bits per heavy atom. The lowest BCUT2D eigenvalue weighted by molar-refractivity contribution is 0.0104. The number of phenols is 1. The van der Waals surface area contributed by atoms with Gasteiger partial charge in [-0.05, 0) is 55.1 Å². The second-order valence-corrected chi connectivity index (χ2v) is 6.83. The van der Waals surface area contributed by atoms with Crippen LogP contribution in [0.2, 0.25) is 0 Å². The largest absolute Gasteiger partial charge is 0.504 e. The molecule has 112 valence electrons. The number of aromatic hydroxyl groups is 1. The van der Waals surface area contributed by atoms with Crippen molar-refractivity contribution in [1.82, 2.24) is 0 Å². The van der Waals surface area contributed by atoms with Gasteiger partial charge in [-0.1, -0.05) is 39.8 Å². The standard InChI is InChI=1S/C18H28O2/c1-13(2)18(14(3)4)11-9-15(10-12-18)20-17-8-6-5-7-16(17)19/h5-8,13-15,19H,9-12H2,1-4H3. The first-order valence-electron chi connectivity index (χ1n) is 7.90. The summed E-state index contributed by atoms with van der Waals surface area (Å²) in [6.45, 7) is 9.41. The fourth-order valence-corrected chi connectivity index (χ4v) is 3.80. The first-order valence-corrected chi connectivity index (χ1v) is 7.90. The summed E-state index contributed by atoms with van der Waals surface area (Å²) < 4.78 is 5.99. The Bertz CT molecular complexity index is 419. The molecule has 0 radical (unpaired) electrons. The number of ether oxygens (including phenoxy) is 1. The molecule has 0 heterocycles. The first-order chi connectivity index (χ1) is 9.45. The normalized spacial score (nSPS) is 19.5. The fraction of sp³-hybridized carbons (Fsp3) is 0.667. The fourth-order valence-electron chi connectivity index (χ4n) is 3.80. The van der Waals surface area contributed by atoms with Crippen LogP contribution in [0.4, 0.5) is 0 Å². The van der Waals surface area contributed by atoms with Crippen LogP contribution in [0, 0.1) is 17.3 Å². The lowest BCUT2D eigenvalue weighted by Gasteiger charge is -2.46. The van der Waals surface area contributed by atoms with Crippen LogP contribution in [0.1, 0.15) is 53.4 Å². The van der Waals surface area contributed by atoms with E-state index in [-0.39, 0.29) is 11.9 Å². The van der Waals surface area contributed by atoms with E-state index in [1.807, 2.05) is 18.2 Å². The van der Waals surface area contributed by atoms with Crippen molar-refractivity contribution < 1.29 is 9.84 Å². The lowest BCUT2D eigenvalue weighted by Crippen LogP contribution is -2.39. The molecule has 1 aromatic carbocycles. The summed E-state index contributed by atoms with van der Waals surface area (Å²) in [6, 6.07) is 7.27. The van der Waals surface area contributed by atoms with Gasteiger partial charge >= 0.3 is 0 Å². The Kier molecular flexibility index (Phi) is 4.62. The van der Waals surface area contributed by atoms with E-state index in [9.17, 15) is 5.11 Å². The lowest BCUT2D eigenvalue weighted by atomic mass is 9.60. The third-order valence-electron chi connectivity index (χ3n) is 5.32. The molecule has 1 aliphatic rings. The molecule has 0 saturated heterocycles. The summed E-state index contributed by atoms with van der Waals surface area (Å²) >= 11 is 0. The monoisotopic (exact) mass is 276 g/mol. The molecule has 0 atom stereocenters. The Hall–Kier alpha value is -1.18. The van der Waals surface area contributed by atoms with Gasteiger partial charge in [-0.3, -0.25) is 0 Å². The Morgan fingerprint density at radius 1 is 1.05 bits per heavy atom. The average Bonchev–Trinajstić information content (AvgIpc) is 2.41. The van der Waals surface area contributed by atoms with E-state index in [2.05, 4.69) is 27.7 Å². The van der Waals surface area contributed by atoms with Crippen molar-refractivity contribution in [1.29, 1.82) is 0 Å². The van der Waals surface area contributed by atoms with Crippen molar-refractivity contribution in [2.45, 2.75) is 59.5 Å². The first kappa shape index (κ1) is 15.2. The maximum atomic E-state index is 9.80. The molecular formula is C18H28O2. The van der Waals surface area contributed by atoms with Gasteiger partial charge in [0.2, 0.25) is 0 Å². The molecule has 2 rings (SSSR count). The van der Waals surface area contributed by atoms with Gasteiger partial charge in [-0.25, -0.2) is 0 Å². The van der Waals surface area contributed by atoms with Crippen molar-refractivity contribution in [2.24, 2.45) is 17.3 Å². The number of rotatable bonds is 4. The minimum absolute atomic E-state index is 0.244. The molecule has 0 spiro atoms. The van der Waals surface area contributed by atoms with Gasteiger partial charge in [-0.15, -0.1) is 0 Å². The maximum absolute atomic E-state index is 9.80. The Balaban J connectivity index is 1.99. The highest BCUT2D eigenvalue weighted by Crippen LogP contribution is 2.48. The minimum atomic E-state index is 0.244. The molecule has 1 aromatic rings. The molecule has 20 heavy (non-hydrogen) atoms. The van der Waals surface area contributed by atoms with Crippen LogP contribution in [-0.2, 0) is 0 Å². The topological polar surface area (TPSA) is 29.5 Å². The SMILES string of the molecule is CC(C)C1(C(C)C)CCC(Oc2ccccc2O)CC1. The summed E-state index contributed by atoms with van der Waals surface area (Å²) in [4.78, 5) is 0. The minimum Gasteiger partial charge on any atom is -0.504 e. The second-order valence-electron chi connectivity index (χ2n) is 6.83. The zero-order chi connectivity index (χ0) is 14.8. The highest BCUT2D eigenvalue weighted by molar-refractivity contribution is 5.38.